The molecular weight excluding hydrogens is 279 g/mol. The fraction of sp³-hybridized carbons (Fsp3) is 1.00. The molecule has 0 aromatic heterocycles. The third kappa shape index (κ3) is 2.05. The Kier molecular flexibility index (Phi) is 2.80. The zero-order chi connectivity index (χ0) is 7.95. The van der Waals surface area contributed by atoms with Gasteiger partial charge in [-0.2, -0.15) is 0 Å². The minimum atomic E-state index is 0.667. The molecule has 0 bridgehead atoms. The van der Waals surface area contributed by atoms with Crippen LogP contribution in [0.4, 0.5) is 0 Å². The third-order valence-electron chi connectivity index (χ3n) is 1.54. The fourth-order valence-corrected chi connectivity index (χ4v) is 14.8. The van der Waals surface area contributed by atoms with Gasteiger partial charge in [0.25, 0.3) is 0 Å². The van der Waals surface area contributed by atoms with E-state index < -0.39 is 0 Å². The summed E-state index contributed by atoms with van der Waals surface area (Å²) in [6.45, 7) is 4.87. The Morgan fingerprint density at radius 2 is 1.36 bits per heavy atom. The van der Waals surface area contributed by atoms with Crippen LogP contribution in [-0.4, -0.2) is 33.8 Å². The monoisotopic (exact) mass is 290 g/mol. The molecule has 0 amide bonds. The molecule has 0 aliphatic carbocycles. The second-order valence-electron chi connectivity index (χ2n) is 3.06. The van der Waals surface area contributed by atoms with Crippen LogP contribution in [0, 0.1) is 0 Å². The van der Waals surface area contributed by atoms with Gasteiger partial charge in [-0.25, -0.2) is 0 Å². The average Bonchev–Trinajstić information content (AvgIpc) is 1.81. The van der Waals surface area contributed by atoms with Crippen LogP contribution in [0.5, 0.6) is 0 Å². The number of rotatable bonds is 2. The summed E-state index contributed by atoms with van der Waals surface area (Å²) in [7, 11) is 8.28. The fourth-order valence-electron chi connectivity index (χ4n) is 0.999. The maximum absolute atomic E-state index is 2.43. The van der Waals surface area contributed by atoms with Crippen molar-refractivity contribution in [2.75, 3.05) is 11.5 Å². The second-order valence-corrected chi connectivity index (χ2v) is 14.0. The molecule has 2 aliphatic rings. The van der Waals surface area contributed by atoms with E-state index in [0.29, 0.717) is 7.29 Å². The molecule has 0 radical (unpaired) electrons. The van der Waals surface area contributed by atoms with Crippen molar-refractivity contribution in [1.82, 2.24) is 0 Å². The molecule has 0 spiro atoms. The second kappa shape index (κ2) is 3.25. The van der Waals surface area contributed by atoms with Crippen molar-refractivity contribution in [3.8, 4) is 0 Å². The van der Waals surface area contributed by atoms with Crippen molar-refractivity contribution in [3.63, 3.8) is 0 Å². The van der Waals surface area contributed by atoms with Crippen molar-refractivity contribution in [2.45, 2.75) is 21.1 Å². The summed E-state index contributed by atoms with van der Waals surface area (Å²) >= 11 is 0.825. The summed E-state index contributed by atoms with van der Waals surface area (Å²) < 4.78 is 1.33. The van der Waals surface area contributed by atoms with Crippen molar-refractivity contribution in [3.05, 3.63) is 0 Å². The Balaban J connectivity index is 1.88. The minimum absolute atomic E-state index is 0.667. The Morgan fingerprint density at radius 1 is 1.00 bits per heavy atom. The van der Waals surface area contributed by atoms with Gasteiger partial charge < -0.3 is 0 Å². The van der Waals surface area contributed by atoms with Crippen molar-refractivity contribution in [2.24, 2.45) is 0 Å². The predicted octanol–water partition coefficient (Wildman–Crippen LogP) is 2.91. The Morgan fingerprint density at radius 3 is 1.55 bits per heavy atom. The van der Waals surface area contributed by atoms with Crippen LogP contribution in [0.25, 0.3) is 0 Å². The molecule has 0 N–H and O–H groups in total. The summed E-state index contributed by atoms with van der Waals surface area (Å²) in [5.41, 5.74) is 0. The van der Waals surface area contributed by atoms with Gasteiger partial charge in [0.15, 0.2) is 0 Å². The van der Waals surface area contributed by atoms with Crippen LogP contribution in [-0.2, 0) is 0 Å². The van der Waals surface area contributed by atoms with Crippen LogP contribution in [0.15, 0.2) is 0 Å². The van der Waals surface area contributed by atoms with Crippen molar-refractivity contribution >= 4 is 58.1 Å². The van der Waals surface area contributed by atoms with Gasteiger partial charge in [0.1, 0.15) is 0 Å². The normalized spacial score (nSPS) is 49.6. The molecule has 2 heterocycles. The predicted molar refractivity (Wildman–Crippen MR) is 62.7 cm³/mol. The van der Waals surface area contributed by atoms with E-state index >= 15 is 0 Å². The van der Waals surface area contributed by atoms with Crippen molar-refractivity contribution in [1.29, 1.82) is 0 Å². The number of hydrogen-bond donors (Lipinski definition) is 0. The van der Waals surface area contributed by atoms with Gasteiger partial charge in [-0.1, -0.05) is 0 Å². The van der Waals surface area contributed by atoms with Gasteiger partial charge in [0.05, 0.1) is 0 Å². The molecule has 11 heavy (non-hydrogen) atoms. The Hall–Kier alpha value is 1.92. The van der Waals surface area contributed by atoms with E-state index in [0.717, 1.165) is 15.0 Å². The van der Waals surface area contributed by atoms with Crippen LogP contribution in [0.3, 0.4) is 0 Å². The van der Waals surface area contributed by atoms with E-state index in [1.165, 1.54) is 11.5 Å². The molecule has 0 nitrogen and oxygen atoms in total. The first kappa shape index (κ1) is 9.47. The summed E-state index contributed by atoms with van der Waals surface area (Å²) in [6.07, 6.45) is 0. The van der Waals surface area contributed by atoms with E-state index in [-0.39, 0.29) is 0 Å². The van der Waals surface area contributed by atoms with Gasteiger partial charge >= 0.3 is 90.8 Å². The summed E-state index contributed by atoms with van der Waals surface area (Å²) in [6, 6.07) is 0. The first-order chi connectivity index (χ1) is 5.12. The molecule has 2 atom stereocenters. The van der Waals surface area contributed by atoms with Crippen LogP contribution < -0.4 is 0 Å². The molecule has 2 saturated heterocycles. The average molecular weight is 289 g/mol. The van der Waals surface area contributed by atoms with Gasteiger partial charge in [-0.15, -0.1) is 0 Å². The SMILES string of the molecule is CC1([Se]C2(C)CSS2)CSS1. The first-order valence-corrected chi connectivity index (χ1v) is 9.79. The van der Waals surface area contributed by atoms with Gasteiger partial charge in [-0.3, -0.25) is 0 Å². The molecule has 0 aromatic carbocycles. The molecule has 2 unspecified atom stereocenters. The Labute approximate surface area is 90.1 Å². The molecule has 5 heteroatoms. The molecule has 64 valence electrons. The van der Waals surface area contributed by atoms with Crippen LogP contribution >= 0.6 is 43.2 Å². The summed E-state index contributed by atoms with van der Waals surface area (Å²) in [5.74, 6) is 2.77. The standard InChI is InChI=1S/C6H10S4Se/c1-5(3-7-9-5)11-6(2)4-8-10-6/h3-4H2,1-2H3. The van der Waals surface area contributed by atoms with Gasteiger partial charge in [0, 0.05) is 0 Å². The quantitative estimate of drug-likeness (QED) is 0.566. The molecule has 0 aromatic rings. The zero-order valence-electron chi connectivity index (χ0n) is 6.46. The van der Waals surface area contributed by atoms with E-state index in [1.54, 1.807) is 0 Å². The van der Waals surface area contributed by atoms with E-state index in [4.69, 9.17) is 0 Å². The van der Waals surface area contributed by atoms with E-state index in [1.807, 2.05) is 21.6 Å². The van der Waals surface area contributed by atoms with E-state index in [9.17, 15) is 0 Å². The Bertz CT molecular complexity index is 146. The first-order valence-electron chi connectivity index (χ1n) is 3.43. The third-order valence-corrected chi connectivity index (χ3v) is 14.7. The molecule has 2 fully saturated rings. The summed E-state index contributed by atoms with van der Waals surface area (Å²) in [4.78, 5) is 0. The zero-order valence-corrected chi connectivity index (χ0v) is 11.4. The molecule has 2 aliphatic heterocycles. The summed E-state index contributed by atoms with van der Waals surface area (Å²) in [5, 5.41) is 0. The molecular formula is C6H10S4Se. The van der Waals surface area contributed by atoms with Crippen LogP contribution in [0.2, 0.25) is 0 Å². The van der Waals surface area contributed by atoms with Gasteiger partial charge in [-0.05, 0) is 0 Å². The van der Waals surface area contributed by atoms with Crippen LogP contribution in [0.1, 0.15) is 13.8 Å². The molecule has 2 rings (SSSR count). The topological polar surface area (TPSA) is 0 Å². The van der Waals surface area contributed by atoms with Crippen molar-refractivity contribution < 1.29 is 0 Å². The number of hydrogen-bond acceptors (Lipinski definition) is 4. The molecule has 0 saturated carbocycles. The maximum atomic E-state index is 2.43. The van der Waals surface area contributed by atoms with Gasteiger partial charge in [0.2, 0.25) is 0 Å². The van der Waals surface area contributed by atoms with E-state index in [2.05, 4.69) is 35.4 Å².